The molecule has 1 N–H and O–H groups in total. The van der Waals surface area contributed by atoms with Gasteiger partial charge in [0.15, 0.2) is 5.65 Å². The molecule has 0 saturated carbocycles. The van der Waals surface area contributed by atoms with Crippen LogP contribution in [0.3, 0.4) is 0 Å². The van der Waals surface area contributed by atoms with E-state index in [0.29, 0.717) is 30.7 Å². The molecule has 2 aromatic heterocycles. The van der Waals surface area contributed by atoms with Gasteiger partial charge in [-0.05, 0) is 34.0 Å². The lowest BCUT2D eigenvalue weighted by Gasteiger charge is -2.09. The van der Waals surface area contributed by atoms with Crippen molar-refractivity contribution in [2.45, 2.75) is 19.5 Å². The highest BCUT2D eigenvalue weighted by Crippen LogP contribution is 2.19. The summed E-state index contributed by atoms with van der Waals surface area (Å²) in [7, 11) is 0. The third kappa shape index (κ3) is 4.43. The topological polar surface area (TPSA) is 81.8 Å². The van der Waals surface area contributed by atoms with E-state index >= 15 is 0 Å². The monoisotopic (exact) mass is 455 g/mol. The molecule has 0 unspecified atom stereocenters. The number of halogens is 1. The average Bonchev–Trinajstić information content (AvgIpc) is 3.26. The Morgan fingerprint density at radius 1 is 0.971 bits per heavy atom. The molecule has 8 heteroatoms. The first-order valence-corrected chi connectivity index (χ1v) is 11.0. The van der Waals surface area contributed by atoms with Crippen LogP contribution in [0, 0.1) is 5.82 Å². The molecule has 0 aliphatic carbocycles. The van der Waals surface area contributed by atoms with Crippen LogP contribution in [0.5, 0.6) is 0 Å². The van der Waals surface area contributed by atoms with Gasteiger partial charge in [0, 0.05) is 6.54 Å². The Labute approximate surface area is 194 Å². The number of rotatable bonds is 7. The second-order valence-corrected chi connectivity index (χ2v) is 8.07. The van der Waals surface area contributed by atoms with Crippen LogP contribution in [-0.4, -0.2) is 31.8 Å². The van der Waals surface area contributed by atoms with Crippen molar-refractivity contribution in [2.75, 3.05) is 6.54 Å². The number of amides is 1. The van der Waals surface area contributed by atoms with E-state index in [-0.39, 0.29) is 23.7 Å². The Morgan fingerprint density at radius 2 is 1.76 bits per heavy atom. The van der Waals surface area contributed by atoms with Gasteiger partial charge in [0.2, 0.25) is 5.91 Å². The predicted octanol–water partition coefficient (Wildman–Crippen LogP) is 3.29. The molecule has 0 atom stereocenters. The minimum absolute atomic E-state index is 0.162. The first-order chi connectivity index (χ1) is 16.6. The number of fused-ring (bicyclic) bond motifs is 2. The van der Waals surface area contributed by atoms with Crippen LogP contribution >= 0.6 is 0 Å². The van der Waals surface area contributed by atoms with Gasteiger partial charge in [-0.2, -0.15) is 5.10 Å². The second-order valence-electron chi connectivity index (χ2n) is 8.07. The molecule has 7 nitrogen and oxygen atoms in total. The average molecular weight is 455 g/mol. The zero-order valence-electron chi connectivity index (χ0n) is 18.3. The minimum atomic E-state index is -0.335. The quantitative estimate of drug-likeness (QED) is 0.408. The molecule has 34 heavy (non-hydrogen) atoms. The van der Waals surface area contributed by atoms with Crippen molar-refractivity contribution in [1.29, 1.82) is 0 Å². The summed E-state index contributed by atoms with van der Waals surface area (Å²) < 4.78 is 16.2. The number of nitrogens with zero attached hydrogens (tertiary/aromatic N) is 4. The molecular weight excluding hydrogens is 433 g/mol. The summed E-state index contributed by atoms with van der Waals surface area (Å²) in [5.74, 6) is -0.508. The van der Waals surface area contributed by atoms with E-state index in [1.165, 1.54) is 24.7 Å². The smallest absolute Gasteiger partial charge is 0.264 e. The third-order valence-electron chi connectivity index (χ3n) is 5.77. The van der Waals surface area contributed by atoms with E-state index in [4.69, 9.17) is 0 Å². The molecule has 0 radical (unpaired) electrons. The summed E-state index contributed by atoms with van der Waals surface area (Å²) in [5, 5.41) is 9.77. The summed E-state index contributed by atoms with van der Waals surface area (Å²) in [6.07, 6.45) is 3.22. The van der Waals surface area contributed by atoms with E-state index in [0.717, 1.165) is 21.9 Å². The number of aromatic nitrogens is 4. The van der Waals surface area contributed by atoms with E-state index in [9.17, 15) is 14.0 Å². The summed E-state index contributed by atoms with van der Waals surface area (Å²) in [6, 6.07) is 19.9. The zero-order valence-corrected chi connectivity index (χ0v) is 18.3. The molecule has 0 bridgehead atoms. The standard InChI is InChI=1S/C26H22FN5O2/c27-21-10-8-18(9-11-21)14-24(33)28-12-13-32-25-23(15-30-32)26(34)31(17-29-25)16-20-6-3-5-19-4-1-2-7-22(19)20/h1-11,15,17H,12-14,16H2,(H,28,33). The highest BCUT2D eigenvalue weighted by molar-refractivity contribution is 5.85. The van der Waals surface area contributed by atoms with Crippen LogP contribution in [0.25, 0.3) is 21.8 Å². The second kappa shape index (κ2) is 9.27. The lowest BCUT2D eigenvalue weighted by atomic mass is 10.0. The van der Waals surface area contributed by atoms with Gasteiger partial charge in [0.1, 0.15) is 17.5 Å². The molecule has 170 valence electrons. The molecular formula is C26H22FN5O2. The Hall–Kier alpha value is -4.33. The van der Waals surface area contributed by atoms with Gasteiger partial charge in [-0.3, -0.25) is 14.2 Å². The maximum Gasteiger partial charge on any atom is 0.264 e. The van der Waals surface area contributed by atoms with Gasteiger partial charge >= 0.3 is 0 Å². The van der Waals surface area contributed by atoms with E-state index < -0.39 is 0 Å². The van der Waals surface area contributed by atoms with Crippen LogP contribution < -0.4 is 10.9 Å². The van der Waals surface area contributed by atoms with Crippen molar-refractivity contribution in [3.8, 4) is 0 Å². The Morgan fingerprint density at radius 3 is 2.62 bits per heavy atom. The fraction of sp³-hybridized carbons (Fsp3) is 0.154. The fourth-order valence-electron chi connectivity index (χ4n) is 4.04. The van der Waals surface area contributed by atoms with Gasteiger partial charge in [-0.25, -0.2) is 14.1 Å². The molecule has 3 aromatic carbocycles. The van der Waals surface area contributed by atoms with E-state index in [1.807, 2.05) is 42.5 Å². The maximum absolute atomic E-state index is 13.1. The molecule has 1 amide bonds. The molecule has 0 spiro atoms. The predicted molar refractivity (Wildman–Crippen MR) is 128 cm³/mol. The summed E-state index contributed by atoms with van der Waals surface area (Å²) in [5.41, 5.74) is 2.09. The van der Waals surface area contributed by atoms with E-state index in [1.54, 1.807) is 21.4 Å². The van der Waals surface area contributed by atoms with Crippen LogP contribution in [0.4, 0.5) is 4.39 Å². The molecule has 0 fully saturated rings. The van der Waals surface area contributed by atoms with Crippen LogP contribution in [-0.2, 0) is 24.3 Å². The highest BCUT2D eigenvalue weighted by Gasteiger charge is 2.12. The summed E-state index contributed by atoms with van der Waals surface area (Å²) in [4.78, 5) is 29.7. The Balaban J connectivity index is 1.27. The highest BCUT2D eigenvalue weighted by atomic mass is 19.1. The lowest BCUT2D eigenvalue weighted by molar-refractivity contribution is -0.120. The van der Waals surface area contributed by atoms with Crippen molar-refractivity contribution in [3.63, 3.8) is 0 Å². The van der Waals surface area contributed by atoms with Crippen molar-refractivity contribution in [2.24, 2.45) is 0 Å². The van der Waals surface area contributed by atoms with Crippen LogP contribution in [0.2, 0.25) is 0 Å². The van der Waals surface area contributed by atoms with E-state index in [2.05, 4.69) is 15.4 Å². The van der Waals surface area contributed by atoms with Crippen molar-refractivity contribution in [3.05, 3.63) is 107 Å². The van der Waals surface area contributed by atoms with Crippen molar-refractivity contribution >= 4 is 27.7 Å². The Kier molecular flexibility index (Phi) is 5.86. The van der Waals surface area contributed by atoms with Gasteiger partial charge in [0.25, 0.3) is 5.56 Å². The van der Waals surface area contributed by atoms with Crippen LogP contribution in [0.15, 0.2) is 84.0 Å². The molecule has 0 aliphatic heterocycles. The third-order valence-corrected chi connectivity index (χ3v) is 5.77. The molecule has 0 aliphatic rings. The van der Waals surface area contributed by atoms with Crippen LogP contribution in [0.1, 0.15) is 11.1 Å². The largest absolute Gasteiger partial charge is 0.354 e. The zero-order chi connectivity index (χ0) is 23.5. The number of carbonyl (C=O) groups is 1. The van der Waals surface area contributed by atoms with Gasteiger partial charge in [-0.15, -0.1) is 0 Å². The van der Waals surface area contributed by atoms with Crippen molar-refractivity contribution in [1.82, 2.24) is 24.6 Å². The maximum atomic E-state index is 13.1. The first kappa shape index (κ1) is 21.5. The number of benzene rings is 3. The molecule has 0 saturated heterocycles. The molecule has 5 rings (SSSR count). The summed E-state index contributed by atoms with van der Waals surface area (Å²) >= 11 is 0. The SMILES string of the molecule is O=C(Cc1ccc(F)cc1)NCCn1ncc2c(=O)n(Cc3cccc4ccccc34)cnc21. The van der Waals surface area contributed by atoms with Gasteiger partial charge < -0.3 is 5.32 Å². The number of carbonyl (C=O) groups excluding carboxylic acids is 1. The van der Waals surface area contributed by atoms with Gasteiger partial charge in [-0.1, -0.05) is 54.6 Å². The van der Waals surface area contributed by atoms with Crippen molar-refractivity contribution < 1.29 is 9.18 Å². The number of nitrogens with one attached hydrogen (secondary N) is 1. The normalized spacial score (nSPS) is 11.2. The molecule has 2 heterocycles. The lowest BCUT2D eigenvalue weighted by Crippen LogP contribution is -2.29. The summed E-state index contributed by atoms with van der Waals surface area (Å²) in [6.45, 7) is 1.11. The first-order valence-electron chi connectivity index (χ1n) is 11.0. The number of hydrogen-bond acceptors (Lipinski definition) is 4. The fourth-order valence-corrected chi connectivity index (χ4v) is 4.04. The van der Waals surface area contributed by atoms with Gasteiger partial charge in [0.05, 0.1) is 25.7 Å². The molecule has 5 aromatic rings. The minimum Gasteiger partial charge on any atom is -0.354 e. The Bertz CT molecular complexity index is 1530. The number of hydrogen-bond donors (Lipinski definition) is 1.